The van der Waals surface area contributed by atoms with Crippen molar-refractivity contribution in [3.05, 3.63) is 47.6 Å². The molecule has 3 rings (SSSR count). The van der Waals surface area contributed by atoms with Crippen molar-refractivity contribution in [1.29, 1.82) is 0 Å². The Bertz CT molecular complexity index is 826. The van der Waals surface area contributed by atoms with Gasteiger partial charge in [0.15, 0.2) is 0 Å². The molecule has 0 amide bonds. The molecule has 0 aromatic rings. The van der Waals surface area contributed by atoms with Crippen LogP contribution >= 0.6 is 8.69 Å². The average molecular weight is 491 g/mol. The number of hydrogen-bond donors (Lipinski definition) is 0. The Balaban J connectivity index is 2.24. The minimum absolute atomic E-state index is 0.00618. The Labute approximate surface area is 210 Å². The van der Waals surface area contributed by atoms with E-state index in [9.17, 15) is 0 Å². The fourth-order valence-electron chi connectivity index (χ4n) is 5.81. The van der Waals surface area contributed by atoms with Crippen LogP contribution in [0.3, 0.4) is 0 Å². The third-order valence-electron chi connectivity index (χ3n) is 8.61. The lowest BCUT2D eigenvalue weighted by Crippen LogP contribution is -2.49. The summed E-state index contributed by atoms with van der Waals surface area (Å²) in [5, 5.41) is 0. The van der Waals surface area contributed by atoms with E-state index in [1.54, 1.807) is 0 Å². The summed E-state index contributed by atoms with van der Waals surface area (Å²) in [4.78, 5) is 0. The molecule has 4 atom stereocenters. The standard InChI is InChI=1S/C30H48FO2P/c1-25(2,3)21-13-15-23-29(19-21,27(7,8)9)17-18-30(28(10,11)12)20-22(26(4,5)6)14-16-24(30)33-34(31)32-23/h13-16,19-20,23-24H,17-18H2,1-12H3. The van der Waals surface area contributed by atoms with Gasteiger partial charge in [0.1, 0.15) is 0 Å². The van der Waals surface area contributed by atoms with Gasteiger partial charge in [-0.2, -0.15) is 4.20 Å². The first kappa shape index (κ1) is 27.8. The maximum absolute atomic E-state index is 15.6. The third kappa shape index (κ3) is 4.91. The molecule has 192 valence electrons. The van der Waals surface area contributed by atoms with E-state index < -0.39 is 8.69 Å². The number of rotatable bonds is 0. The van der Waals surface area contributed by atoms with Crippen molar-refractivity contribution >= 4 is 8.69 Å². The van der Waals surface area contributed by atoms with E-state index in [-0.39, 0.29) is 44.7 Å². The molecule has 0 aromatic carbocycles. The van der Waals surface area contributed by atoms with Crippen LogP contribution in [0, 0.1) is 32.5 Å². The second-order valence-electron chi connectivity index (χ2n) is 14.8. The molecule has 0 N–H and O–H groups in total. The third-order valence-corrected chi connectivity index (χ3v) is 9.40. The minimum Gasteiger partial charge on any atom is -0.300 e. The molecule has 0 bridgehead atoms. The average Bonchev–Trinajstić information content (AvgIpc) is 2.69. The molecule has 2 aliphatic carbocycles. The molecule has 0 saturated carbocycles. The van der Waals surface area contributed by atoms with Crippen LogP contribution < -0.4 is 0 Å². The maximum Gasteiger partial charge on any atom is 0.376 e. The Morgan fingerprint density at radius 1 is 0.676 bits per heavy atom. The van der Waals surface area contributed by atoms with Crippen molar-refractivity contribution in [2.45, 2.75) is 108 Å². The molecule has 1 saturated heterocycles. The van der Waals surface area contributed by atoms with Gasteiger partial charge in [0.2, 0.25) is 0 Å². The second-order valence-corrected chi connectivity index (χ2v) is 15.6. The smallest absolute Gasteiger partial charge is 0.300 e. The Kier molecular flexibility index (Phi) is 7.09. The molecule has 0 aromatic heterocycles. The van der Waals surface area contributed by atoms with Crippen LogP contribution in [-0.4, -0.2) is 12.2 Å². The molecule has 3 aliphatic rings. The number of hydrogen-bond acceptors (Lipinski definition) is 2. The van der Waals surface area contributed by atoms with Gasteiger partial charge in [-0.25, -0.2) is 0 Å². The summed E-state index contributed by atoms with van der Waals surface area (Å²) in [7, 11) is -2.54. The van der Waals surface area contributed by atoms with Crippen LogP contribution in [0.15, 0.2) is 47.6 Å². The Hall–Kier alpha value is -0.760. The van der Waals surface area contributed by atoms with Crippen molar-refractivity contribution in [3.63, 3.8) is 0 Å². The highest BCUT2D eigenvalue weighted by Gasteiger charge is 2.56. The fraction of sp³-hybridized carbons (Fsp3) is 0.733. The van der Waals surface area contributed by atoms with Gasteiger partial charge in [-0.15, -0.1) is 0 Å². The van der Waals surface area contributed by atoms with E-state index in [1.165, 1.54) is 11.1 Å². The van der Waals surface area contributed by atoms with Crippen LogP contribution in [0.4, 0.5) is 4.20 Å². The molecule has 0 radical (unpaired) electrons. The van der Waals surface area contributed by atoms with Gasteiger partial charge >= 0.3 is 8.69 Å². The molecule has 1 fully saturated rings. The maximum atomic E-state index is 15.6. The van der Waals surface area contributed by atoms with E-state index in [4.69, 9.17) is 9.05 Å². The molecule has 0 spiro atoms. The van der Waals surface area contributed by atoms with Gasteiger partial charge < -0.3 is 9.05 Å². The Morgan fingerprint density at radius 2 is 1.00 bits per heavy atom. The Morgan fingerprint density at radius 3 is 1.26 bits per heavy atom. The van der Waals surface area contributed by atoms with Gasteiger partial charge in [0.05, 0.1) is 12.2 Å². The summed E-state index contributed by atoms with van der Waals surface area (Å²) in [5.41, 5.74) is 1.65. The molecular formula is C30H48FO2P. The molecule has 4 heteroatoms. The van der Waals surface area contributed by atoms with E-state index in [2.05, 4.69) is 120 Å². The first-order valence-corrected chi connectivity index (χ1v) is 13.9. The number of fused-ring (bicyclic) bond motifs is 2. The zero-order valence-corrected chi connectivity index (χ0v) is 24.6. The summed E-state index contributed by atoms with van der Waals surface area (Å²) >= 11 is 0. The van der Waals surface area contributed by atoms with Crippen molar-refractivity contribution in [3.8, 4) is 0 Å². The highest BCUT2D eigenvalue weighted by atomic mass is 31.2. The molecular weight excluding hydrogens is 442 g/mol. The van der Waals surface area contributed by atoms with E-state index >= 15 is 4.20 Å². The summed E-state index contributed by atoms with van der Waals surface area (Å²) < 4.78 is 27.9. The van der Waals surface area contributed by atoms with E-state index in [0.29, 0.717) is 0 Å². The van der Waals surface area contributed by atoms with Crippen LogP contribution in [0.5, 0.6) is 0 Å². The quantitative estimate of drug-likeness (QED) is 0.315. The lowest BCUT2D eigenvalue weighted by atomic mass is 9.52. The van der Waals surface area contributed by atoms with Crippen LogP contribution in [0.1, 0.15) is 95.9 Å². The van der Waals surface area contributed by atoms with Gasteiger partial charge in [-0.3, -0.25) is 0 Å². The number of halogens is 1. The SMILES string of the molecule is CC(C)(C)C1=CC2(C(C)(C)C)CCC3(C(C)(C)C)C=C(C(C)(C)C)C=CC3OP(F)OC2C=C1. The summed E-state index contributed by atoms with van der Waals surface area (Å²) in [6.45, 7) is 27.1. The lowest BCUT2D eigenvalue weighted by Gasteiger charge is -2.53. The molecule has 1 heterocycles. The second kappa shape index (κ2) is 8.67. The minimum atomic E-state index is -2.54. The van der Waals surface area contributed by atoms with E-state index in [0.717, 1.165) is 12.8 Å². The topological polar surface area (TPSA) is 18.5 Å². The van der Waals surface area contributed by atoms with Crippen molar-refractivity contribution < 1.29 is 13.2 Å². The lowest BCUT2D eigenvalue weighted by molar-refractivity contribution is -0.00268. The molecule has 1 aliphatic heterocycles. The molecule has 4 unspecified atom stereocenters. The first-order valence-electron chi connectivity index (χ1n) is 12.9. The number of allylic oxidation sites excluding steroid dienone is 4. The molecule has 34 heavy (non-hydrogen) atoms. The molecule has 2 nitrogen and oxygen atoms in total. The van der Waals surface area contributed by atoms with E-state index in [1.807, 2.05) is 0 Å². The van der Waals surface area contributed by atoms with Crippen LogP contribution in [-0.2, 0) is 9.05 Å². The summed E-state index contributed by atoms with van der Waals surface area (Å²) in [6.07, 6.45) is 14.4. The van der Waals surface area contributed by atoms with Gasteiger partial charge in [-0.1, -0.05) is 120 Å². The van der Waals surface area contributed by atoms with Crippen LogP contribution in [0.2, 0.25) is 0 Å². The summed E-state index contributed by atoms with van der Waals surface area (Å²) in [5.74, 6) is 0. The van der Waals surface area contributed by atoms with Gasteiger partial charge in [0.25, 0.3) is 0 Å². The zero-order valence-electron chi connectivity index (χ0n) is 23.7. The zero-order chi connectivity index (χ0) is 26.0. The van der Waals surface area contributed by atoms with Crippen LogP contribution in [0.25, 0.3) is 0 Å². The summed E-state index contributed by atoms with van der Waals surface area (Å²) in [6, 6.07) is 0. The normalized spacial score (nSPS) is 35.4. The van der Waals surface area contributed by atoms with Gasteiger partial charge in [-0.05, 0) is 45.6 Å². The first-order chi connectivity index (χ1) is 15.2. The predicted molar refractivity (Wildman–Crippen MR) is 144 cm³/mol. The largest absolute Gasteiger partial charge is 0.376 e. The van der Waals surface area contributed by atoms with Gasteiger partial charge in [0, 0.05) is 10.8 Å². The predicted octanol–water partition coefficient (Wildman–Crippen LogP) is 9.90. The van der Waals surface area contributed by atoms with Crippen molar-refractivity contribution in [1.82, 2.24) is 0 Å². The highest BCUT2D eigenvalue weighted by Crippen LogP contribution is 2.63. The van der Waals surface area contributed by atoms with Crippen molar-refractivity contribution in [2.75, 3.05) is 0 Å². The monoisotopic (exact) mass is 490 g/mol. The highest BCUT2D eigenvalue weighted by molar-refractivity contribution is 7.41. The van der Waals surface area contributed by atoms with Crippen molar-refractivity contribution in [2.24, 2.45) is 32.5 Å². The fourth-order valence-corrected chi connectivity index (χ4v) is 6.74.